The maximum absolute atomic E-state index is 15.5. The minimum Gasteiger partial charge on any atom is -0.370 e. The van der Waals surface area contributed by atoms with Crippen molar-refractivity contribution >= 4 is 57.5 Å². The average molecular weight is 778 g/mol. The Hall–Kier alpha value is -5.64. The summed E-state index contributed by atoms with van der Waals surface area (Å²) in [6.45, 7) is 6.49. The quantitative estimate of drug-likeness (QED) is 0.220. The molecule has 1 unspecified atom stereocenters. The first kappa shape index (κ1) is 37.0. The van der Waals surface area contributed by atoms with Crippen molar-refractivity contribution in [3.05, 3.63) is 65.4 Å². The van der Waals surface area contributed by atoms with E-state index in [1.807, 2.05) is 6.07 Å². The number of amides is 4. The number of nitrogen functional groups attached to an aromatic ring is 1. The number of likely N-dealkylation sites (tertiary alicyclic amines) is 1. The summed E-state index contributed by atoms with van der Waals surface area (Å²) < 4.78 is 17.6. The lowest BCUT2D eigenvalue weighted by Gasteiger charge is -2.38. The molecule has 57 heavy (non-hydrogen) atoms. The molecule has 0 radical (unpaired) electrons. The van der Waals surface area contributed by atoms with Crippen LogP contribution in [0.15, 0.2) is 42.7 Å². The van der Waals surface area contributed by atoms with Gasteiger partial charge in [0.1, 0.15) is 17.6 Å². The van der Waals surface area contributed by atoms with E-state index in [0.717, 1.165) is 112 Å². The lowest BCUT2D eigenvalue weighted by Crippen LogP contribution is -2.52. The van der Waals surface area contributed by atoms with Gasteiger partial charge in [-0.15, -0.1) is 0 Å². The fourth-order valence-electron chi connectivity index (χ4n) is 9.36. The number of nitrogens with two attached hydrogens (primary N) is 1. The molecule has 0 aliphatic carbocycles. The normalized spacial score (nSPS) is 21.3. The highest BCUT2D eigenvalue weighted by Crippen LogP contribution is 2.37. The Morgan fingerprint density at radius 3 is 2.44 bits per heavy atom. The van der Waals surface area contributed by atoms with Gasteiger partial charge in [-0.25, -0.2) is 14.4 Å². The van der Waals surface area contributed by atoms with E-state index in [1.165, 1.54) is 23.6 Å². The summed E-state index contributed by atoms with van der Waals surface area (Å²) >= 11 is 0. The third-order valence-electron chi connectivity index (χ3n) is 12.5. The first-order chi connectivity index (χ1) is 27.7. The predicted octanol–water partition coefficient (Wildman–Crippen LogP) is 4.10. The number of imide groups is 1. The van der Waals surface area contributed by atoms with Crippen LogP contribution >= 0.6 is 0 Å². The topological polar surface area (TPSA) is 175 Å². The highest BCUT2D eigenvalue weighted by molar-refractivity contribution is 6.07. The Morgan fingerprint density at radius 2 is 1.68 bits per heavy atom. The van der Waals surface area contributed by atoms with Crippen molar-refractivity contribution in [3.63, 3.8) is 0 Å². The molecule has 2 aromatic heterocycles. The summed E-state index contributed by atoms with van der Waals surface area (Å²) in [5.41, 5.74) is 10.1. The number of nitrogens with one attached hydrogen (secondary N) is 2. The van der Waals surface area contributed by atoms with E-state index in [-0.39, 0.29) is 54.8 Å². The zero-order chi connectivity index (χ0) is 39.2. The van der Waals surface area contributed by atoms with Gasteiger partial charge >= 0.3 is 0 Å². The minimum atomic E-state index is -0.723. The second-order valence-corrected chi connectivity index (χ2v) is 16.2. The van der Waals surface area contributed by atoms with Gasteiger partial charge in [0.05, 0.1) is 28.6 Å². The van der Waals surface area contributed by atoms with Crippen LogP contribution in [-0.4, -0.2) is 105 Å². The van der Waals surface area contributed by atoms with Crippen LogP contribution in [0.2, 0.25) is 0 Å². The molecule has 4 saturated heterocycles. The van der Waals surface area contributed by atoms with E-state index in [1.54, 1.807) is 12.1 Å². The van der Waals surface area contributed by atoms with Gasteiger partial charge in [0.2, 0.25) is 17.8 Å². The Bertz CT molecular complexity index is 2220. The van der Waals surface area contributed by atoms with E-state index in [0.29, 0.717) is 17.2 Å². The van der Waals surface area contributed by atoms with Crippen molar-refractivity contribution < 1.29 is 23.6 Å². The number of carbonyl (C=O) groups is 4. The highest BCUT2D eigenvalue weighted by atomic mass is 19.1. The predicted molar refractivity (Wildman–Crippen MR) is 212 cm³/mol. The van der Waals surface area contributed by atoms with Gasteiger partial charge in [0.15, 0.2) is 0 Å². The number of benzene rings is 2. The summed E-state index contributed by atoms with van der Waals surface area (Å²) in [7, 11) is 0. The van der Waals surface area contributed by atoms with Crippen LogP contribution in [0.3, 0.4) is 0 Å². The van der Waals surface area contributed by atoms with E-state index >= 15 is 4.39 Å². The van der Waals surface area contributed by atoms with Gasteiger partial charge in [-0.2, -0.15) is 5.10 Å². The van der Waals surface area contributed by atoms with Crippen molar-refractivity contribution in [3.8, 4) is 0 Å². The molecule has 16 heteroatoms. The van der Waals surface area contributed by atoms with Gasteiger partial charge in [-0.05, 0) is 93.2 Å². The number of rotatable bonds is 8. The number of piperidine rings is 4. The molecule has 298 valence electrons. The van der Waals surface area contributed by atoms with Gasteiger partial charge in [-0.1, -0.05) is 0 Å². The van der Waals surface area contributed by atoms with E-state index in [9.17, 15) is 19.2 Å². The Balaban J connectivity index is 0.805. The van der Waals surface area contributed by atoms with Gasteiger partial charge in [0, 0.05) is 82.1 Å². The summed E-state index contributed by atoms with van der Waals surface area (Å²) in [4.78, 5) is 66.9. The molecule has 4 fully saturated rings. The molecule has 2 aromatic carbocycles. The SMILES string of the molecule is Nc1nccc(C(=O)Nc2cc3cn(C4CCN(CC5CCN(c6cc7c(cc6F)C(=O)N(C6CCC(=O)NC6=O)C7)CC5)CC4)nc3cc2N2CCCCC2)n1. The molecular weight excluding hydrogens is 730 g/mol. The summed E-state index contributed by atoms with van der Waals surface area (Å²) in [5, 5.41) is 11.4. The van der Waals surface area contributed by atoms with Crippen molar-refractivity contribution in [2.24, 2.45) is 5.92 Å². The fourth-order valence-corrected chi connectivity index (χ4v) is 9.36. The molecule has 0 saturated carbocycles. The second-order valence-electron chi connectivity index (χ2n) is 16.2. The number of hydrogen-bond acceptors (Lipinski definition) is 11. The average Bonchev–Trinajstić information content (AvgIpc) is 3.78. The molecule has 0 bridgehead atoms. The number of anilines is 4. The van der Waals surface area contributed by atoms with Crippen molar-refractivity contribution in [1.82, 2.24) is 34.9 Å². The summed E-state index contributed by atoms with van der Waals surface area (Å²) in [5.74, 6) is -1.36. The number of hydrogen-bond donors (Lipinski definition) is 3. The first-order valence-electron chi connectivity index (χ1n) is 20.3. The van der Waals surface area contributed by atoms with Crippen LogP contribution in [0.5, 0.6) is 0 Å². The van der Waals surface area contributed by atoms with Gasteiger partial charge in [-0.3, -0.25) is 29.2 Å². The molecule has 0 spiro atoms. The zero-order valence-electron chi connectivity index (χ0n) is 32.0. The maximum Gasteiger partial charge on any atom is 0.274 e. The van der Waals surface area contributed by atoms with E-state index < -0.39 is 17.8 Å². The molecule has 4 N–H and O–H groups in total. The third-order valence-corrected chi connectivity index (χ3v) is 12.5. The maximum atomic E-state index is 15.5. The van der Waals surface area contributed by atoms with Gasteiger partial charge < -0.3 is 30.7 Å². The molecule has 7 heterocycles. The number of nitrogens with zero attached hydrogens (tertiary/aromatic N) is 8. The molecule has 4 aromatic rings. The van der Waals surface area contributed by atoms with Crippen molar-refractivity contribution in [2.45, 2.75) is 76.4 Å². The van der Waals surface area contributed by atoms with Crippen LogP contribution < -0.4 is 26.2 Å². The molecule has 15 nitrogen and oxygen atoms in total. The van der Waals surface area contributed by atoms with Crippen LogP contribution in [0, 0.1) is 11.7 Å². The smallest absolute Gasteiger partial charge is 0.274 e. The Morgan fingerprint density at radius 1 is 0.912 bits per heavy atom. The van der Waals surface area contributed by atoms with E-state index in [2.05, 4.69) is 52.2 Å². The van der Waals surface area contributed by atoms with Crippen LogP contribution in [-0.2, 0) is 16.1 Å². The lowest BCUT2D eigenvalue weighted by atomic mass is 9.94. The molecular formula is C41H48FN11O4. The standard InChI is InChI=1S/C41H48FN11O4/c42-30-20-29-26(23-52(40(29)57)34-4-5-37(54)47-39(34)56)19-35(30)51-16-7-25(8-17-51)22-49-14-9-28(10-15-49)53-24-27-18-33(45-38(55)31-6-11-44-41(43)46-31)36(21-32(27)48-53)50-12-2-1-3-13-50/h6,11,18-21,24-25,28,34H,1-5,7-10,12-17,22-23H2,(H,45,55)(H2,43,44,46)(H,47,54,56). The monoisotopic (exact) mass is 777 g/mol. The number of aromatic nitrogens is 4. The molecule has 5 aliphatic heterocycles. The lowest BCUT2D eigenvalue weighted by molar-refractivity contribution is -0.136. The van der Waals surface area contributed by atoms with Crippen LogP contribution in [0.25, 0.3) is 10.9 Å². The minimum absolute atomic E-state index is 0.0545. The van der Waals surface area contributed by atoms with E-state index in [4.69, 9.17) is 10.8 Å². The second kappa shape index (κ2) is 15.4. The largest absolute Gasteiger partial charge is 0.370 e. The number of halogens is 1. The Labute approximate surface area is 329 Å². The summed E-state index contributed by atoms with van der Waals surface area (Å²) in [6, 6.07) is 8.34. The number of carbonyl (C=O) groups excluding carboxylic acids is 4. The molecule has 5 aliphatic rings. The third kappa shape index (κ3) is 7.49. The van der Waals surface area contributed by atoms with Crippen molar-refractivity contribution in [1.29, 1.82) is 0 Å². The first-order valence-corrected chi connectivity index (χ1v) is 20.3. The van der Waals surface area contributed by atoms with Gasteiger partial charge in [0.25, 0.3) is 11.8 Å². The Kier molecular flexibility index (Phi) is 9.97. The number of fused-ring (bicyclic) bond motifs is 2. The zero-order valence-corrected chi connectivity index (χ0v) is 32.0. The molecule has 4 amide bonds. The molecule has 9 rings (SSSR count). The summed E-state index contributed by atoms with van der Waals surface area (Å²) in [6.07, 6.45) is 11.3. The fraction of sp³-hybridized carbons (Fsp3) is 0.488. The highest BCUT2D eigenvalue weighted by Gasteiger charge is 2.40. The van der Waals surface area contributed by atoms with Crippen LogP contribution in [0.4, 0.5) is 27.4 Å². The van der Waals surface area contributed by atoms with Crippen molar-refractivity contribution in [2.75, 3.05) is 66.7 Å². The van der Waals surface area contributed by atoms with Crippen LogP contribution in [0.1, 0.15) is 90.2 Å². The molecule has 1 atom stereocenters.